The van der Waals surface area contributed by atoms with Crippen molar-refractivity contribution in [3.8, 4) is 5.75 Å². The lowest BCUT2D eigenvalue weighted by Gasteiger charge is -2.06. The number of halogens is 2. The van der Waals surface area contributed by atoms with E-state index in [-0.39, 0.29) is 0 Å². The quantitative estimate of drug-likeness (QED) is 0.273. The van der Waals surface area contributed by atoms with Gasteiger partial charge >= 0.3 is 5.97 Å². The third-order valence-corrected chi connectivity index (χ3v) is 4.36. The summed E-state index contributed by atoms with van der Waals surface area (Å²) >= 11 is 3.31. The first-order valence-electron chi connectivity index (χ1n) is 8.19. The van der Waals surface area contributed by atoms with Crippen LogP contribution >= 0.6 is 15.9 Å². The zero-order chi connectivity index (χ0) is 19.9. The highest BCUT2D eigenvalue weighted by Crippen LogP contribution is 2.19. The summed E-state index contributed by atoms with van der Waals surface area (Å²) in [5.74, 6) is -0.954. The molecule has 0 aliphatic carbocycles. The van der Waals surface area contributed by atoms with E-state index in [0.717, 1.165) is 0 Å². The van der Waals surface area contributed by atoms with E-state index < -0.39 is 17.7 Å². The maximum absolute atomic E-state index is 12.9. The molecule has 3 rings (SSSR count). The number of esters is 1. The van der Waals surface area contributed by atoms with E-state index in [9.17, 15) is 14.0 Å². The average molecular weight is 441 g/mol. The number of hydrogen-bond donors (Lipinski definition) is 1. The van der Waals surface area contributed by atoms with Crippen LogP contribution in [0, 0.1) is 5.82 Å². The molecule has 7 heteroatoms. The normalized spacial score (nSPS) is 10.6. The summed E-state index contributed by atoms with van der Waals surface area (Å²) in [6, 6.07) is 18.8. The number of ether oxygens (including phenoxy) is 1. The Balaban J connectivity index is 1.57. The Bertz CT molecular complexity index is 1020. The molecule has 0 bridgehead atoms. The van der Waals surface area contributed by atoms with E-state index in [1.165, 1.54) is 30.5 Å². The molecule has 0 spiro atoms. The minimum atomic E-state index is -0.472. The molecular formula is C21H14BrFN2O3. The number of carbonyl (C=O) groups is 2. The number of amides is 1. The first-order chi connectivity index (χ1) is 13.5. The van der Waals surface area contributed by atoms with Gasteiger partial charge in [0, 0.05) is 10.0 Å². The topological polar surface area (TPSA) is 67.8 Å². The fourth-order valence-electron chi connectivity index (χ4n) is 2.24. The summed E-state index contributed by atoms with van der Waals surface area (Å²) in [5.41, 5.74) is 3.78. The number of hydrogen-bond acceptors (Lipinski definition) is 4. The molecule has 140 valence electrons. The van der Waals surface area contributed by atoms with Gasteiger partial charge in [-0.15, -0.1) is 0 Å². The summed E-state index contributed by atoms with van der Waals surface area (Å²) in [7, 11) is 0. The Hall–Kier alpha value is -3.32. The van der Waals surface area contributed by atoms with Crippen LogP contribution in [0.5, 0.6) is 5.75 Å². The average Bonchev–Trinajstić information content (AvgIpc) is 2.70. The number of benzene rings is 3. The lowest BCUT2D eigenvalue weighted by molar-refractivity contribution is 0.0733. The highest BCUT2D eigenvalue weighted by atomic mass is 79.9. The molecule has 5 nitrogen and oxygen atoms in total. The lowest BCUT2D eigenvalue weighted by atomic mass is 10.2. The largest absolute Gasteiger partial charge is 0.423 e. The third-order valence-electron chi connectivity index (χ3n) is 3.67. The molecule has 0 aliphatic rings. The predicted octanol–water partition coefficient (Wildman–Crippen LogP) is 4.57. The summed E-state index contributed by atoms with van der Waals surface area (Å²) in [4.78, 5) is 24.0. The maximum Gasteiger partial charge on any atom is 0.344 e. The predicted molar refractivity (Wildman–Crippen MR) is 107 cm³/mol. The van der Waals surface area contributed by atoms with E-state index in [1.54, 1.807) is 42.5 Å². The molecule has 0 fully saturated rings. The van der Waals surface area contributed by atoms with Crippen molar-refractivity contribution >= 4 is 34.0 Å². The van der Waals surface area contributed by atoms with Crippen LogP contribution in [-0.4, -0.2) is 18.1 Å². The summed E-state index contributed by atoms with van der Waals surface area (Å²) in [6.07, 6.45) is 1.45. The molecule has 0 radical (unpaired) electrons. The van der Waals surface area contributed by atoms with E-state index in [2.05, 4.69) is 26.5 Å². The van der Waals surface area contributed by atoms with Crippen molar-refractivity contribution in [3.63, 3.8) is 0 Å². The van der Waals surface area contributed by atoms with Crippen molar-refractivity contribution < 1.29 is 18.7 Å². The Morgan fingerprint density at radius 3 is 2.32 bits per heavy atom. The third kappa shape index (κ3) is 5.11. The molecule has 0 saturated heterocycles. The number of carbonyl (C=O) groups excluding carboxylic acids is 2. The van der Waals surface area contributed by atoms with Gasteiger partial charge in [0.1, 0.15) is 11.6 Å². The monoisotopic (exact) mass is 440 g/mol. The summed E-state index contributed by atoms with van der Waals surface area (Å²) in [6.45, 7) is 0. The van der Waals surface area contributed by atoms with Crippen LogP contribution in [-0.2, 0) is 0 Å². The van der Waals surface area contributed by atoms with Gasteiger partial charge in [-0.25, -0.2) is 14.6 Å². The minimum Gasteiger partial charge on any atom is -0.423 e. The van der Waals surface area contributed by atoms with E-state index in [4.69, 9.17) is 4.74 Å². The molecule has 1 N–H and O–H groups in total. The van der Waals surface area contributed by atoms with Crippen molar-refractivity contribution in [2.45, 2.75) is 0 Å². The van der Waals surface area contributed by atoms with Gasteiger partial charge in [-0.3, -0.25) is 4.79 Å². The fourth-order valence-corrected chi connectivity index (χ4v) is 2.69. The van der Waals surface area contributed by atoms with Crippen LogP contribution in [0.2, 0.25) is 0 Å². The Morgan fingerprint density at radius 2 is 1.64 bits per heavy atom. The molecule has 0 saturated carbocycles. The molecule has 3 aromatic carbocycles. The molecule has 1 amide bonds. The maximum atomic E-state index is 12.9. The van der Waals surface area contributed by atoms with Crippen LogP contribution in [0.25, 0.3) is 0 Å². The molecule has 0 atom stereocenters. The van der Waals surface area contributed by atoms with Gasteiger partial charge in [-0.1, -0.05) is 12.1 Å². The van der Waals surface area contributed by atoms with Crippen LogP contribution in [0.1, 0.15) is 26.3 Å². The van der Waals surface area contributed by atoms with Gasteiger partial charge in [0.15, 0.2) is 0 Å². The standard InChI is InChI=1S/C21H14BrFN2O3/c22-19-4-2-1-3-18(19)21(27)28-17-11-5-14(6-12-17)13-24-25-20(26)15-7-9-16(23)10-8-15/h1-13H,(H,25,26). The van der Waals surface area contributed by atoms with Gasteiger partial charge < -0.3 is 4.74 Å². The Kier molecular flexibility index (Phi) is 6.29. The number of nitrogens with one attached hydrogen (secondary N) is 1. The zero-order valence-electron chi connectivity index (χ0n) is 14.4. The second-order valence-electron chi connectivity index (χ2n) is 5.64. The number of rotatable bonds is 5. The van der Waals surface area contributed by atoms with Crippen molar-refractivity contribution in [2.24, 2.45) is 5.10 Å². The van der Waals surface area contributed by atoms with Crippen molar-refractivity contribution in [1.29, 1.82) is 0 Å². The van der Waals surface area contributed by atoms with Gasteiger partial charge in [-0.2, -0.15) is 5.10 Å². The van der Waals surface area contributed by atoms with E-state index in [1.807, 2.05) is 6.07 Å². The van der Waals surface area contributed by atoms with Gasteiger partial charge in [-0.05, 0) is 82.2 Å². The number of hydrazone groups is 1. The first kappa shape index (κ1) is 19.4. The van der Waals surface area contributed by atoms with Crippen LogP contribution in [0.4, 0.5) is 4.39 Å². The molecule has 28 heavy (non-hydrogen) atoms. The summed E-state index contributed by atoms with van der Waals surface area (Å²) < 4.78 is 18.8. The van der Waals surface area contributed by atoms with E-state index >= 15 is 0 Å². The van der Waals surface area contributed by atoms with Crippen LogP contribution < -0.4 is 10.2 Å². The van der Waals surface area contributed by atoms with Gasteiger partial charge in [0.25, 0.3) is 5.91 Å². The second-order valence-corrected chi connectivity index (χ2v) is 6.50. The van der Waals surface area contributed by atoms with Gasteiger partial charge in [0.05, 0.1) is 11.8 Å². The highest BCUT2D eigenvalue weighted by molar-refractivity contribution is 9.10. The molecule has 0 unspecified atom stereocenters. The van der Waals surface area contributed by atoms with Crippen molar-refractivity contribution in [2.75, 3.05) is 0 Å². The highest BCUT2D eigenvalue weighted by Gasteiger charge is 2.11. The van der Waals surface area contributed by atoms with Crippen LogP contribution in [0.3, 0.4) is 0 Å². The van der Waals surface area contributed by atoms with E-state index in [0.29, 0.717) is 26.9 Å². The second kappa shape index (κ2) is 9.05. The van der Waals surface area contributed by atoms with Gasteiger partial charge in [0.2, 0.25) is 0 Å². The summed E-state index contributed by atoms with van der Waals surface area (Å²) in [5, 5.41) is 3.86. The Morgan fingerprint density at radius 1 is 0.964 bits per heavy atom. The molecule has 3 aromatic rings. The van der Waals surface area contributed by atoms with Crippen LogP contribution in [0.15, 0.2) is 82.4 Å². The fraction of sp³-hybridized carbons (Fsp3) is 0. The SMILES string of the molecule is O=C(NN=Cc1ccc(OC(=O)c2ccccc2Br)cc1)c1ccc(F)cc1. The molecule has 0 aliphatic heterocycles. The lowest BCUT2D eigenvalue weighted by Crippen LogP contribution is -2.17. The van der Waals surface area contributed by atoms with Crippen molar-refractivity contribution in [3.05, 3.63) is 99.8 Å². The number of nitrogens with zero attached hydrogens (tertiary/aromatic N) is 1. The minimum absolute atomic E-state index is 0.299. The molecular weight excluding hydrogens is 427 g/mol. The smallest absolute Gasteiger partial charge is 0.344 e. The molecule has 0 heterocycles. The zero-order valence-corrected chi connectivity index (χ0v) is 16.0. The molecule has 0 aromatic heterocycles. The Labute approximate surface area is 169 Å². The first-order valence-corrected chi connectivity index (χ1v) is 8.98. The van der Waals surface area contributed by atoms with Crippen molar-refractivity contribution in [1.82, 2.24) is 5.43 Å².